The molecule has 0 radical (unpaired) electrons. The number of hydrogen-bond donors (Lipinski definition) is 1. The molecule has 0 aliphatic carbocycles. The lowest BCUT2D eigenvalue weighted by molar-refractivity contribution is 0.0636. The number of rotatable bonds is 7. The van der Waals surface area contributed by atoms with Gasteiger partial charge < -0.3 is 5.73 Å². The summed E-state index contributed by atoms with van der Waals surface area (Å²) in [7, 11) is 0. The Hall–Kier alpha value is -0.0900. The van der Waals surface area contributed by atoms with E-state index in [1.54, 1.807) is 11.3 Å². The summed E-state index contributed by atoms with van der Waals surface area (Å²) in [4.78, 5) is 3.60. The van der Waals surface area contributed by atoms with Gasteiger partial charge in [0.2, 0.25) is 0 Å². The highest BCUT2D eigenvalue weighted by atomic mass is 35.5. The largest absolute Gasteiger partial charge is 0.322 e. The highest BCUT2D eigenvalue weighted by molar-refractivity contribution is 7.10. The molecule has 4 heteroatoms. The van der Waals surface area contributed by atoms with E-state index in [9.17, 15) is 0 Å². The summed E-state index contributed by atoms with van der Waals surface area (Å²) >= 11 is 7.93. The Kier molecular flexibility index (Phi) is 6.12. The number of likely N-dealkylation sites (N-methyl/N-ethyl adjacent to an activating group) is 1. The van der Waals surface area contributed by atoms with Crippen LogP contribution in [0.15, 0.2) is 11.4 Å². The number of nitrogens with zero attached hydrogens (tertiary/aromatic N) is 1. The number of hydrogen-bond acceptors (Lipinski definition) is 3. The van der Waals surface area contributed by atoms with Crippen molar-refractivity contribution >= 4 is 22.9 Å². The molecule has 2 N–H and O–H groups in total. The molecule has 1 aromatic heterocycles. The summed E-state index contributed by atoms with van der Waals surface area (Å²) in [6.45, 7) is 10.9. The monoisotopic (exact) mass is 288 g/mol. The molecule has 1 atom stereocenters. The first-order valence-electron chi connectivity index (χ1n) is 6.80. The van der Waals surface area contributed by atoms with E-state index < -0.39 is 0 Å². The van der Waals surface area contributed by atoms with E-state index in [2.05, 4.69) is 32.6 Å². The topological polar surface area (TPSA) is 29.3 Å². The van der Waals surface area contributed by atoms with Crippen molar-refractivity contribution in [1.82, 2.24) is 4.90 Å². The molecule has 0 aliphatic heterocycles. The lowest BCUT2D eigenvalue weighted by Gasteiger charge is -2.46. The fourth-order valence-corrected chi connectivity index (χ4v) is 4.24. The second-order valence-electron chi connectivity index (χ2n) is 4.59. The van der Waals surface area contributed by atoms with Gasteiger partial charge >= 0.3 is 0 Å². The normalized spacial score (nSPS) is 14.2. The third kappa shape index (κ3) is 2.74. The van der Waals surface area contributed by atoms with Gasteiger partial charge in [0.15, 0.2) is 0 Å². The van der Waals surface area contributed by atoms with Gasteiger partial charge in [-0.25, -0.2) is 0 Å². The molecule has 0 aliphatic rings. The first-order chi connectivity index (χ1) is 8.57. The van der Waals surface area contributed by atoms with Crippen LogP contribution in [0.5, 0.6) is 0 Å². The third-order valence-electron chi connectivity index (χ3n) is 4.12. The number of thiophene rings is 1. The molecule has 1 rings (SSSR count). The van der Waals surface area contributed by atoms with Crippen molar-refractivity contribution in [1.29, 1.82) is 0 Å². The number of nitrogens with two attached hydrogens (primary N) is 1. The maximum absolute atomic E-state index is 6.58. The second-order valence-corrected chi connectivity index (χ2v) is 5.95. The van der Waals surface area contributed by atoms with Crippen LogP contribution in [0, 0.1) is 0 Å². The van der Waals surface area contributed by atoms with Crippen molar-refractivity contribution in [3.63, 3.8) is 0 Å². The Morgan fingerprint density at radius 2 is 1.83 bits per heavy atom. The van der Waals surface area contributed by atoms with E-state index in [1.807, 2.05) is 11.4 Å². The minimum atomic E-state index is -0.0140. The van der Waals surface area contributed by atoms with Crippen LogP contribution in [0.4, 0.5) is 0 Å². The van der Waals surface area contributed by atoms with Crippen LogP contribution >= 0.6 is 22.9 Å². The molecule has 0 bridgehead atoms. The third-order valence-corrected chi connectivity index (χ3v) is 5.57. The molecule has 2 nitrogen and oxygen atoms in total. The van der Waals surface area contributed by atoms with Gasteiger partial charge in [-0.15, -0.1) is 11.3 Å². The SMILES string of the molecule is CCN(CC)C(CC)(CC)C(N)c1sccc1Cl. The van der Waals surface area contributed by atoms with Gasteiger partial charge in [0, 0.05) is 10.4 Å². The van der Waals surface area contributed by atoms with Gasteiger partial charge in [0.05, 0.1) is 11.1 Å². The van der Waals surface area contributed by atoms with Crippen molar-refractivity contribution in [3.8, 4) is 0 Å². The van der Waals surface area contributed by atoms with Gasteiger partial charge in [-0.1, -0.05) is 39.3 Å². The van der Waals surface area contributed by atoms with Gasteiger partial charge in [0.1, 0.15) is 0 Å². The Labute approximate surface area is 120 Å². The molecule has 0 fully saturated rings. The predicted octanol–water partition coefficient (Wildman–Crippen LogP) is 4.30. The van der Waals surface area contributed by atoms with Crippen molar-refractivity contribution in [3.05, 3.63) is 21.3 Å². The molecule has 0 aromatic carbocycles. The molecular weight excluding hydrogens is 264 g/mol. The smallest absolute Gasteiger partial charge is 0.0591 e. The van der Waals surface area contributed by atoms with Gasteiger partial charge in [0.25, 0.3) is 0 Å². The minimum absolute atomic E-state index is 0.0119. The highest BCUT2D eigenvalue weighted by Gasteiger charge is 2.39. The van der Waals surface area contributed by atoms with Crippen LogP contribution in [0.25, 0.3) is 0 Å². The van der Waals surface area contributed by atoms with Crippen molar-refractivity contribution < 1.29 is 0 Å². The van der Waals surface area contributed by atoms with Crippen LogP contribution in [-0.4, -0.2) is 23.5 Å². The molecule has 18 heavy (non-hydrogen) atoms. The first-order valence-corrected chi connectivity index (χ1v) is 8.06. The van der Waals surface area contributed by atoms with Gasteiger partial charge in [-0.3, -0.25) is 4.90 Å². The second kappa shape index (κ2) is 6.90. The highest BCUT2D eigenvalue weighted by Crippen LogP contribution is 2.40. The fraction of sp³-hybridized carbons (Fsp3) is 0.714. The van der Waals surface area contributed by atoms with Crippen LogP contribution in [0.3, 0.4) is 0 Å². The predicted molar refractivity (Wildman–Crippen MR) is 82.5 cm³/mol. The molecule has 104 valence electrons. The quantitative estimate of drug-likeness (QED) is 0.810. The van der Waals surface area contributed by atoms with Crippen molar-refractivity contribution in [2.45, 2.75) is 52.1 Å². The summed E-state index contributed by atoms with van der Waals surface area (Å²) in [5, 5.41) is 2.83. The zero-order chi connectivity index (χ0) is 13.8. The molecule has 0 amide bonds. The summed E-state index contributed by atoms with van der Waals surface area (Å²) in [6, 6.07) is 1.93. The van der Waals surface area contributed by atoms with E-state index in [1.165, 1.54) is 0 Å². The Balaban J connectivity index is 3.15. The average molecular weight is 289 g/mol. The zero-order valence-corrected chi connectivity index (χ0v) is 13.4. The van der Waals surface area contributed by atoms with E-state index in [4.69, 9.17) is 17.3 Å². The Bertz CT molecular complexity index is 356. The van der Waals surface area contributed by atoms with E-state index in [0.29, 0.717) is 0 Å². The first kappa shape index (κ1) is 16.0. The van der Waals surface area contributed by atoms with Crippen LogP contribution < -0.4 is 5.73 Å². The lowest BCUT2D eigenvalue weighted by Crippen LogP contribution is -2.54. The van der Waals surface area contributed by atoms with Gasteiger partial charge in [-0.2, -0.15) is 0 Å². The van der Waals surface area contributed by atoms with Crippen LogP contribution in [-0.2, 0) is 0 Å². The molecule has 0 saturated heterocycles. The molecule has 0 saturated carbocycles. The minimum Gasteiger partial charge on any atom is -0.322 e. The standard InChI is InChI=1S/C14H25ClN2S/c1-5-14(6-2,17(7-3)8-4)13(16)12-11(15)9-10-18-12/h9-10,13H,5-8,16H2,1-4H3. The molecule has 1 aromatic rings. The Morgan fingerprint density at radius 3 is 2.17 bits per heavy atom. The number of halogens is 1. The van der Waals surface area contributed by atoms with E-state index in [-0.39, 0.29) is 11.6 Å². The van der Waals surface area contributed by atoms with Gasteiger partial charge in [-0.05, 0) is 37.4 Å². The zero-order valence-electron chi connectivity index (χ0n) is 11.9. The van der Waals surface area contributed by atoms with Crippen LogP contribution in [0.1, 0.15) is 51.5 Å². The summed E-state index contributed by atoms with van der Waals surface area (Å²) < 4.78 is 0. The summed E-state index contributed by atoms with van der Waals surface area (Å²) in [5.74, 6) is 0. The molecule has 1 unspecified atom stereocenters. The van der Waals surface area contributed by atoms with Crippen LogP contribution in [0.2, 0.25) is 5.02 Å². The van der Waals surface area contributed by atoms with E-state index >= 15 is 0 Å². The summed E-state index contributed by atoms with van der Waals surface area (Å²) in [5.41, 5.74) is 6.59. The summed E-state index contributed by atoms with van der Waals surface area (Å²) in [6.07, 6.45) is 2.08. The molecule has 1 heterocycles. The molecular formula is C14H25ClN2S. The van der Waals surface area contributed by atoms with Crippen molar-refractivity contribution in [2.24, 2.45) is 5.73 Å². The van der Waals surface area contributed by atoms with Crippen molar-refractivity contribution in [2.75, 3.05) is 13.1 Å². The maximum Gasteiger partial charge on any atom is 0.0591 e. The lowest BCUT2D eigenvalue weighted by atomic mass is 9.82. The Morgan fingerprint density at radius 1 is 1.28 bits per heavy atom. The maximum atomic E-state index is 6.58. The van der Waals surface area contributed by atoms with E-state index in [0.717, 1.165) is 35.8 Å². The average Bonchev–Trinajstić information content (AvgIpc) is 2.81. The fourth-order valence-electron chi connectivity index (χ4n) is 2.96. The molecule has 0 spiro atoms.